The number of aliphatic hydroxyl groups is 1. The number of hydrogen-bond donors (Lipinski definition) is 1. The van der Waals surface area contributed by atoms with Gasteiger partial charge in [-0.1, -0.05) is 51.1 Å². The molecule has 26 heavy (non-hydrogen) atoms. The van der Waals surface area contributed by atoms with Gasteiger partial charge in [0.1, 0.15) is 17.4 Å². The number of rotatable bonds is 9. The van der Waals surface area contributed by atoms with E-state index in [-0.39, 0.29) is 17.3 Å². The number of carbonyl (C=O) groups excluding carboxylic acids is 1. The van der Waals surface area contributed by atoms with Gasteiger partial charge in [0.2, 0.25) is 0 Å². The van der Waals surface area contributed by atoms with Crippen LogP contribution >= 0.6 is 0 Å². The first-order valence-electron chi connectivity index (χ1n) is 8.65. The van der Waals surface area contributed by atoms with Crippen LogP contribution in [-0.2, 0) is 19.0 Å². The van der Waals surface area contributed by atoms with E-state index in [0.29, 0.717) is 12.1 Å². The molecule has 0 aliphatic rings. The third-order valence-corrected chi connectivity index (χ3v) is 3.81. The number of allylic oxidation sites excluding steroid dienone is 1. The van der Waals surface area contributed by atoms with Gasteiger partial charge in [0.15, 0.2) is 0 Å². The highest BCUT2D eigenvalue weighted by Crippen LogP contribution is 2.24. The molecule has 6 heteroatoms. The van der Waals surface area contributed by atoms with E-state index in [2.05, 4.69) is 4.99 Å². The summed E-state index contributed by atoms with van der Waals surface area (Å²) in [5, 5.41) is 10.1. The van der Waals surface area contributed by atoms with Crippen molar-refractivity contribution < 1.29 is 24.1 Å². The van der Waals surface area contributed by atoms with Crippen LogP contribution in [0.2, 0.25) is 0 Å². The summed E-state index contributed by atoms with van der Waals surface area (Å²) >= 11 is 0. The molecule has 0 heterocycles. The molecule has 0 bridgehead atoms. The summed E-state index contributed by atoms with van der Waals surface area (Å²) in [6.45, 7) is 7.11. The summed E-state index contributed by atoms with van der Waals surface area (Å²) in [5.41, 5.74) is 1.30. The minimum Gasteiger partial charge on any atom is -0.512 e. The highest BCUT2D eigenvalue weighted by molar-refractivity contribution is 6.20. The Morgan fingerprint density at radius 2 is 1.73 bits per heavy atom. The number of methoxy groups -OCH3 is 2. The van der Waals surface area contributed by atoms with Crippen LogP contribution in [0.25, 0.3) is 0 Å². The second kappa shape index (κ2) is 10.7. The third kappa shape index (κ3) is 5.97. The maximum atomic E-state index is 12.8. The smallest absolute Gasteiger partial charge is 0.344 e. The molecule has 1 aromatic carbocycles. The van der Waals surface area contributed by atoms with Crippen molar-refractivity contribution in [2.24, 2.45) is 10.9 Å². The lowest BCUT2D eigenvalue weighted by Crippen LogP contribution is -2.26. The summed E-state index contributed by atoms with van der Waals surface area (Å²) in [7, 11) is 2.90. The van der Waals surface area contributed by atoms with Gasteiger partial charge in [0.25, 0.3) is 6.41 Å². The zero-order chi connectivity index (χ0) is 19.7. The van der Waals surface area contributed by atoms with E-state index >= 15 is 0 Å². The number of aliphatic imine (C=N–C) groups is 1. The molecule has 1 aromatic rings. The van der Waals surface area contributed by atoms with Crippen molar-refractivity contribution in [3.05, 3.63) is 47.2 Å². The second-order valence-electron chi connectivity index (χ2n) is 6.12. The summed E-state index contributed by atoms with van der Waals surface area (Å²) < 4.78 is 15.9. The fraction of sp³-hybridized carbons (Fsp3) is 0.500. The minimum atomic E-state index is -0.870. The molecule has 0 aromatic heterocycles. The van der Waals surface area contributed by atoms with E-state index in [1.165, 1.54) is 21.1 Å². The van der Waals surface area contributed by atoms with Gasteiger partial charge in [0.05, 0.1) is 5.71 Å². The lowest BCUT2D eigenvalue weighted by atomic mass is 9.98. The second-order valence-corrected chi connectivity index (χ2v) is 6.12. The zero-order valence-corrected chi connectivity index (χ0v) is 16.4. The number of hydrogen-bond acceptors (Lipinski definition) is 6. The van der Waals surface area contributed by atoms with E-state index in [1.54, 1.807) is 0 Å². The van der Waals surface area contributed by atoms with Crippen LogP contribution in [0.3, 0.4) is 0 Å². The first-order chi connectivity index (χ1) is 12.3. The Morgan fingerprint density at radius 3 is 2.15 bits per heavy atom. The van der Waals surface area contributed by atoms with Crippen molar-refractivity contribution in [3.8, 4) is 0 Å². The van der Waals surface area contributed by atoms with E-state index in [1.807, 2.05) is 51.1 Å². The predicted molar refractivity (Wildman–Crippen MR) is 101 cm³/mol. The number of carbonyl (C=O) groups is 1. The zero-order valence-electron chi connectivity index (χ0n) is 16.4. The topological polar surface area (TPSA) is 77.4 Å². The van der Waals surface area contributed by atoms with Gasteiger partial charge in [-0.3, -0.25) is 0 Å². The highest BCUT2D eigenvalue weighted by Gasteiger charge is 2.27. The maximum absolute atomic E-state index is 12.8. The van der Waals surface area contributed by atoms with E-state index in [0.717, 1.165) is 5.56 Å². The van der Waals surface area contributed by atoms with Gasteiger partial charge in [-0.15, -0.1) is 0 Å². The normalized spacial score (nSPS) is 14.4. The molecule has 1 atom stereocenters. The molecule has 6 nitrogen and oxygen atoms in total. The summed E-state index contributed by atoms with van der Waals surface area (Å²) in [6, 6.07) is 9.49. The Balaban J connectivity index is 3.19. The molecule has 0 amide bonds. The minimum absolute atomic E-state index is 0.0356. The van der Waals surface area contributed by atoms with Crippen molar-refractivity contribution in [3.63, 3.8) is 0 Å². The van der Waals surface area contributed by atoms with Gasteiger partial charge >= 0.3 is 5.97 Å². The molecular formula is C20H29NO5. The molecular weight excluding hydrogens is 334 g/mol. The van der Waals surface area contributed by atoms with Gasteiger partial charge in [-0.2, -0.15) is 0 Å². The van der Waals surface area contributed by atoms with Crippen molar-refractivity contribution in [2.45, 2.75) is 46.6 Å². The fourth-order valence-corrected chi connectivity index (χ4v) is 2.50. The summed E-state index contributed by atoms with van der Waals surface area (Å²) in [6.07, 6.45) is -0.668. The van der Waals surface area contributed by atoms with Crippen LogP contribution in [0.15, 0.2) is 46.7 Å². The molecule has 1 rings (SSSR count). The Morgan fingerprint density at radius 1 is 1.15 bits per heavy atom. The Kier molecular flexibility index (Phi) is 9.02. The van der Waals surface area contributed by atoms with Crippen molar-refractivity contribution >= 4 is 11.7 Å². The van der Waals surface area contributed by atoms with Crippen LogP contribution in [0.1, 0.15) is 45.8 Å². The Labute approximate surface area is 155 Å². The third-order valence-electron chi connectivity index (χ3n) is 3.81. The molecule has 1 unspecified atom stereocenters. The first-order valence-corrected chi connectivity index (χ1v) is 8.65. The molecule has 0 saturated carbocycles. The predicted octanol–water partition coefficient (Wildman–Crippen LogP) is 4.19. The maximum Gasteiger partial charge on any atom is 0.344 e. The van der Waals surface area contributed by atoms with Crippen LogP contribution in [0, 0.1) is 5.92 Å². The van der Waals surface area contributed by atoms with E-state index < -0.39 is 18.5 Å². The van der Waals surface area contributed by atoms with Gasteiger partial charge in [-0.25, -0.2) is 9.79 Å². The van der Waals surface area contributed by atoms with E-state index in [9.17, 15) is 9.90 Å². The molecule has 0 aliphatic carbocycles. The van der Waals surface area contributed by atoms with Gasteiger partial charge in [0, 0.05) is 14.2 Å². The van der Waals surface area contributed by atoms with Crippen LogP contribution in [0.4, 0.5) is 0 Å². The molecule has 0 aliphatic heterocycles. The van der Waals surface area contributed by atoms with Gasteiger partial charge < -0.3 is 19.3 Å². The SMILES string of the molecule is CCC(OC(=O)C(C(=NC(OC)OC)C(C)C)=C(C)O)c1ccccc1. The monoisotopic (exact) mass is 363 g/mol. The number of benzene rings is 1. The molecule has 144 valence electrons. The summed E-state index contributed by atoms with van der Waals surface area (Å²) in [5.74, 6) is -0.931. The Bertz CT molecular complexity index is 629. The number of aliphatic hydroxyl groups excluding tert-OH is 1. The number of esters is 1. The quantitative estimate of drug-likeness (QED) is 0.234. The van der Waals surface area contributed by atoms with Crippen LogP contribution in [-0.4, -0.2) is 37.4 Å². The lowest BCUT2D eigenvalue weighted by Gasteiger charge is -2.21. The number of ether oxygens (including phenoxy) is 3. The standard InChI is InChI=1S/C20H29NO5/c1-7-16(15-11-9-8-10-12-15)26-19(23)17(14(4)22)18(13(2)3)21-20(24-5)25-6/h8-13,16,20,22H,7H2,1-6H3. The van der Waals surface area contributed by atoms with Gasteiger partial charge in [-0.05, 0) is 24.8 Å². The van der Waals surface area contributed by atoms with Crippen molar-refractivity contribution in [1.29, 1.82) is 0 Å². The summed E-state index contributed by atoms with van der Waals surface area (Å²) in [4.78, 5) is 17.1. The lowest BCUT2D eigenvalue weighted by molar-refractivity contribution is -0.144. The molecule has 0 radical (unpaired) electrons. The number of nitrogens with zero attached hydrogens (tertiary/aromatic N) is 1. The van der Waals surface area contributed by atoms with Crippen molar-refractivity contribution in [2.75, 3.05) is 14.2 Å². The fourth-order valence-electron chi connectivity index (χ4n) is 2.50. The average Bonchev–Trinajstić information content (AvgIpc) is 2.63. The van der Waals surface area contributed by atoms with Crippen molar-refractivity contribution in [1.82, 2.24) is 0 Å². The van der Waals surface area contributed by atoms with E-state index in [4.69, 9.17) is 14.2 Å². The molecule has 0 spiro atoms. The largest absolute Gasteiger partial charge is 0.512 e. The molecule has 1 N–H and O–H groups in total. The van der Waals surface area contributed by atoms with Crippen LogP contribution in [0.5, 0.6) is 0 Å². The molecule has 0 saturated heterocycles. The molecule has 0 fully saturated rings. The van der Waals surface area contributed by atoms with Crippen LogP contribution < -0.4 is 0 Å². The average molecular weight is 363 g/mol. The highest BCUT2D eigenvalue weighted by atomic mass is 16.7. The first kappa shape index (κ1) is 21.9. The Hall–Kier alpha value is -2.18.